The number of esters is 1. The highest BCUT2D eigenvalue weighted by atomic mass is 19.2. The van der Waals surface area contributed by atoms with Crippen molar-refractivity contribution in [2.75, 3.05) is 5.73 Å². The topological polar surface area (TPSA) is 74.3 Å². The molecule has 0 radical (unpaired) electrons. The fourth-order valence-electron chi connectivity index (χ4n) is 1.65. The average molecular weight is 294 g/mol. The number of carbonyl (C=O) groups excluding carboxylic acids is 1. The van der Waals surface area contributed by atoms with Gasteiger partial charge in [-0.3, -0.25) is 9.59 Å². The Labute approximate surface area is 118 Å². The van der Waals surface area contributed by atoms with Gasteiger partial charge in [-0.05, 0) is 23.8 Å². The number of nitrogens with zero attached hydrogens (tertiary/aromatic N) is 1. The third-order valence-electron chi connectivity index (χ3n) is 2.69. The second-order valence-electron chi connectivity index (χ2n) is 4.34. The lowest BCUT2D eigenvalue weighted by molar-refractivity contribution is -0.145. The van der Waals surface area contributed by atoms with Gasteiger partial charge >= 0.3 is 5.97 Å². The van der Waals surface area contributed by atoms with Gasteiger partial charge in [0.2, 0.25) is 0 Å². The maximum Gasteiger partial charge on any atom is 0.326 e. The number of nitrogen functional groups attached to an aromatic ring is 1. The van der Waals surface area contributed by atoms with Crippen LogP contribution in [-0.4, -0.2) is 10.5 Å². The summed E-state index contributed by atoms with van der Waals surface area (Å²) in [5, 5.41) is 0. The molecule has 0 amide bonds. The molecule has 0 atom stereocenters. The largest absolute Gasteiger partial charge is 0.459 e. The minimum absolute atomic E-state index is 0.215. The van der Waals surface area contributed by atoms with E-state index >= 15 is 0 Å². The lowest BCUT2D eigenvalue weighted by Gasteiger charge is -2.07. The second kappa shape index (κ2) is 6.17. The molecule has 0 aliphatic rings. The molecule has 1 heterocycles. The first-order valence-electron chi connectivity index (χ1n) is 6.01. The maximum atomic E-state index is 13.0. The predicted octanol–water partition coefficient (Wildman–Crippen LogP) is 1.45. The molecule has 0 fully saturated rings. The number of ether oxygens (including phenoxy) is 1. The van der Waals surface area contributed by atoms with E-state index in [1.54, 1.807) is 0 Å². The Morgan fingerprint density at radius 1 is 1.19 bits per heavy atom. The highest BCUT2D eigenvalue weighted by molar-refractivity contribution is 5.69. The van der Waals surface area contributed by atoms with Crippen molar-refractivity contribution in [1.29, 1.82) is 0 Å². The Kier molecular flexibility index (Phi) is 4.32. The summed E-state index contributed by atoms with van der Waals surface area (Å²) >= 11 is 0. The molecule has 0 bridgehead atoms. The molecule has 1 aromatic carbocycles. The van der Waals surface area contributed by atoms with Crippen molar-refractivity contribution in [3.05, 3.63) is 64.1 Å². The molecule has 0 aliphatic carbocycles. The normalized spacial score (nSPS) is 10.4. The van der Waals surface area contributed by atoms with Crippen molar-refractivity contribution in [3.8, 4) is 0 Å². The molecule has 0 unspecified atom stereocenters. The van der Waals surface area contributed by atoms with Gasteiger partial charge in [0.1, 0.15) is 13.2 Å². The molecule has 0 aliphatic heterocycles. The highest BCUT2D eigenvalue weighted by Crippen LogP contribution is 2.09. The third-order valence-corrected chi connectivity index (χ3v) is 2.69. The van der Waals surface area contributed by atoms with Gasteiger partial charge in [-0.25, -0.2) is 8.78 Å². The minimum Gasteiger partial charge on any atom is -0.459 e. The monoisotopic (exact) mass is 294 g/mol. The summed E-state index contributed by atoms with van der Waals surface area (Å²) in [6, 6.07) is 5.85. The van der Waals surface area contributed by atoms with E-state index in [1.807, 2.05) is 0 Å². The second-order valence-corrected chi connectivity index (χ2v) is 4.34. The van der Waals surface area contributed by atoms with Crippen molar-refractivity contribution in [3.63, 3.8) is 0 Å². The van der Waals surface area contributed by atoms with E-state index in [0.717, 1.165) is 16.7 Å². The molecular weight excluding hydrogens is 282 g/mol. The summed E-state index contributed by atoms with van der Waals surface area (Å²) in [4.78, 5) is 23.1. The number of aromatic nitrogens is 1. The third kappa shape index (κ3) is 3.88. The van der Waals surface area contributed by atoms with Crippen LogP contribution in [0.1, 0.15) is 5.56 Å². The molecule has 2 aromatic rings. The fraction of sp³-hybridized carbons (Fsp3) is 0.143. The van der Waals surface area contributed by atoms with E-state index in [4.69, 9.17) is 10.5 Å². The molecule has 110 valence electrons. The van der Waals surface area contributed by atoms with Crippen molar-refractivity contribution < 1.29 is 18.3 Å². The number of anilines is 1. The predicted molar refractivity (Wildman–Crippen MR) is 71.3 cm³/mol. The van der Waals surface area contributed by atoms with Gasteiger partial charge in [-0.15, -0.1) is 0 Å². The zero-order valence-electron chi connectivity index (χ0n) is 10.9. The van der Waals surface area contributed by atoms with Gasteiger partial charge < -0.3 is 15.0 Å². The Balaban J connectivity index is 1.97. The lowest BCUT2D eigenvalue weighted by Crippen LogP contribution is -2.24. The quantitative estimate of drug-likeness (QED) is 0.866. The van der Waals surface area contributed by atoms with E-state index < -0.39 is 23.2 Å². The van der Waals surface area contributed by atoms with Crippen LogP contribution in [0.2, 0.25) is 0 Å². The zero-order chi connectivity index (χ0) is 15.4. The van der Waals surface area contributed by atoms with Crippen molar-refractivity contribution >= 4 is 11.7 Å². The van der Waals surface area contributed by atoms with Crippen LogP contribution in [0.3, 0.4) is 0 Å². The van der Waals surface area contributed by atoms with Crippen LogP contribution in [0.4, 0.5) is 14.5 Å². The van der Waals surface area contributed by atoms with Gasteiger partial charge in [0.05, 0.1) is 0 Å². The molecule has 0 saturated heterocycles. The summed E-state index contributed by atoms with van der Waals surface area (Å²) in [6.45, 7) is -0.527. The number of nitrogens with two attached hydrogens (primary N) is 1. The van der Waals surface area contributed by atoms with Crippen molar-refractivity contribution in [2.24, 2.45) is 0 Å². The van der Waals surface area contributed by atoms with E-state index in [9.17, 15) is 18.4 Å². The van der Waals surface area contributed by atoms with Gasteiger partial charge in [-0.1, -0.05) is 6.07 Å². The van der Waals surface area contributed by atoms with E-state index in [-0.39, 0.29) is 13.2 Å². The van der Waals surface area contributed by atoms with E-state index in [0.29, 0.717) is 11.3 Å². The zero-order valence-corrected chi connectivity index (χ0v) is 10.9. The first kappa shape index (κ1) is 14.7. The van der Waals surface area contributed by atoms with Crippen LogP contribution in [0.15, 0.2) is 41.3 Å². The van der Waals surface area contributed by atoms with E-state index in [2.05, 4.69) is 0 Å². The molecule has 7 heteroatoms. The molecule has 5 nitrogen and oxygen atoms in total. The van der Waals surface area contributed by atoms with Crippen LogP contribution in [0.25, 0.3) is 0 Å². The maximum absolute atomic E-state index is 13.0. The van der Waals surface area contributed by atoms with Crippen LogP contribution in [-0.2, 0) is 22.7 Å². The first-order chi connectivity index (χ1) is 9.95. The number of halogens is 2. The van der Waals surface area contributed by atoms with Gasteiger partial charge in [0.15, 0.2) is 11.6 Å². The number of benzene rings is 1. The Hall–Kier alpha value is -2.70. The number of rotatable bonds is 4. The number of pyridine rings is 1. The molecule has 0 spiro atoms. The minimum atomic E-state index is -1.02. The van der Waals surface area contributed by atoms with Crippen molar-refractivity contribution in [1.82, 2.24) is 4.57 Å². The van der Waals surface area contributed by atoms with E-state index in [1.165, 1.54) is 24.4 Å². The molecule has 2 rings (SSSR count). The number of hydrogen-bond acceptors (Lipinski definition) is 4. The van der Waals surface area contributed by atoms with Gasteiger partial charge in [0.25, 0.3) is 5.56 Å². The summed E-state index contributed by atoms with van der Waals surface area (Å²) in [5.74, 6) is -2.68. The highest BCUT2D eigenvalue weighted by Gasteiger charge is 2.08. The average Bonchev–Trinajstić information content (AvgIpc) is 2.44. The molecular formula is C14H12F2N2O3. The van der Waals surface area contributed by atoms with Crippen LogP contribution in [0, 0.1) is 11.6 Å². The SMILES string of the molecule is Nc1ccc(=O)n(CC(=O)OCc2ccc(F)c(F)c2)c1. The van der Waals surface area contributed by atoms with Gasteiger partial charge in [-0.2, -0.15) is 0 Å². The lowest BCUT2D eigenvalue weighted by atomic mass is 10.2. The Morgan fingerprint density at radius 2 is 1.95 bits per heavy atom. The van der Waals surface area contributed by atoms with Crippen LogP contribution >= 0.6 is 0 Å². The first-order valence-corrected chi connectivity index (χ1v) is 6.01. The summed E-state index contributed by atoms with van der Waals surface area (Å²) in [7, 11) is 0. The number of hydrogen-bond donors (Lipinski definition) is 1. The molecule has 21 heavy (non-hydrogen) atoms. The smallest absolute Gasteiger partial charge is 0.326 e. The van der Waals surface area contributed by atoms with Crippen LogP contribution in [0.5, 0.6) is 0 Å². The molecule has 1 aromatic heterocycles. The fourth-order valence-corrected chi connectivity index (χ4v) is 1.65. The number of carbonyl (C=O) groups is 1. The summed E-state index contributed by atoms with van der Waals surface area (Å²) < 4.78 is 31.7. The van der Waals surface area contributed by atoms with Gasteiger partial charge in [0, 0.05) is 18.0 Å². The summed E-state index contributed by atoms with van der Waals surface area (Å²) in [6.07, 6.45) is 1.32. The standard InChI is InChI=1S/C14H12F2N2O3/c15-11-3-1-9(5-12(11)16)8-21-14(20)7-18-6-10(17)2-4-13(18)19/h1-6H,7-8,17H2. The molecule has 2 N–H and O–H groups in total. The summed E-state index contributed by atoms with van der Waals surface area (Å²) in [5.41, 5.74) is 5.76. The Bertz CT molecular complexity index is 728. The Morgan fingerprint density at radius 3 is 2.67 bits per heavy atom. The van der Waals surface area contributed by atoms with Crippen molar-refractivity contribution in [2.45, 2.75) is 13.2 Å². The van der Waals surface area contributed by atoms with Crippen LogP contribution < -0.4 is 11.3 Å². The molecule has 0 saturated carbocycles.